The minimum atomic E-state index is -5.22. The molecular formula is C15H10F4N2O6. The van der Waals surface area contributed by atoms with E-state index < -0.39 is 68.9 Å². The first-order valence-electron chi connectivity index (χ1n) is 6.87. The minimum Gasteiger partial charge on any atom is -0.497 e. The predicted octanol–water partition coefficient (Wildman–Crippen LogP) is 2.19. The van der Waals surface area contributed by atoms with Gasteiger partial charge in [-0.05, 0) is 12.1 Å². The first kappa shape index (κ1) is 19.8. The van der Waals surface area contributed by atoms with Crippen LogP contribution >= 0.6 is 0 Å². The van der Waals surface area contributed by atoms with Crippen LogP contribution in [0.4, 0.5) is 23.4 Å². The maximum Gasteiger partial charge on any atom is 0.419 e. The fourth-order valence-corrected chi connectivity index (χ4v) is 2.42. The van der Waals surface area contributed by atoms with Crippen LogP contribution < -0.4 is 16.0 Å². The average Bonchev–Trinajstić information content (AvgIpc) is 2.52. The summed E-state index contributed by atoms with van der Waals surface area (Å²) < 4.78 is 58.6. The van der Waals surface area contributed by atoms with Crippen LogP contribution in [0.1, 0.15) is 26.3 Å². The van der Waals surface area contributed by atoms with Crippen LogP contribution in [0.25, 0.3) is 11.1 Å². The lowest BCUT2D eigenvalue weighted by atomic mass is 9.93. The Kier molecular flexibility index (Phi) is 4.85. The van der Waals surface area contributed by atoms with Crippen molar-refractivity contribution >= 4 is 17.8 Å². The monoisotopic (exact) mass is 390 g/mol. The van der Waals surface area contributed by atoms with E-state index in [2.05, 4.69) is 4.74 Å². The van der Waals surface area contributed by atoms with Gasteiger partial charge in [0.05, 0.1) is 12.7 Å². The van der Waals surface area contributed by atoms with Crippen LogP contribution in [-0.4, -0.2) is 34.2 Å². The Bertz CT molecular complexity index is 1010. The van der Waals surface area contributed by atoms with E-state index in [0.717, 1.165) is 7.11 Å². The molecule has 0 unspecified atom stereocenters. The number of aromatic carboxylic acids is 2. The van der Waals surface area contributed by atoms with Crippen LogP contribution in [0.2, 0.25) is 0 Å². The number of alkyl halides is 3. The average molecular weight is 390 g/mol. The number of hydrogen-bond donors (Lipinski definition) is 4. The van der Waals surface area contributed by atoms with Crippen LogP contribution in [0.5, 0.6) is 5.75 Å². The Morgan fingerprint density at radius 1 is 1.15 bits per heavy atom. The van der Waals surface area contributed by atoms with E-state index in [1.807, 2.05) is 0 Å². The number of carboxylic acid groups (broad SMARTS) is 2. The molecule has 1 aromatic heterocycles. The van der Waals surface area contributed by atoms with Crippen molar-refractivity contribution in [1.82, 2.24) is 4.98 Å². The standard InChI is InChI=1S/C15H10F4N2O6/c1-27-4-2-5(10(16)6(3-4)15(17,18)19)7-8(13(23)24)11(20)21-12(22)9(7)14(25)26/h2-3H,1H3,(H,23,24)(H,25,26)(H3,20,21,22). The van der Waals surface area contributed by atoms with Gasteiger partial charge < -0.3 is 25.7 Å². The van der Waals surface area contributed by atoms with Crippen LogP contribution in [0.15, 0.2) is 16.9 Å². The fourth-order valence-electron chi connectivity index (χ4n) is 2.42. The van der Waals surface area contributed by atoms with Crippen molar-refractivity contribution in [2.24, 2.45) is 0 Å². The van der Waals surface area contributed by atoms with E-state index in [1.54, 1.807) is 4.98 Å². The number of H-pyrrole nitrogens is 1. The Balaban J connectivity index is 3.13. The van der Waals surface area contributed by atoms with Gasteiger partial charge in [0.1, 0.15) is 28.5 Å². The summed E-state index contributed by atoms with van der Waals surface area (Å²) in [7, 11) is 0.958. The van der Waals surface area contributed by atoms with Crippen LogP contribution in [0.3, 0.4) is 0 Å². The van der Waals surface area contributed by atoms with E-state index in [-0.39, 0.29) is 0 Å². The van der Waals surface area contributed by atoms with E-state index in [1.165, 1.54) is 0 Å². The third-order valence-electron chi connectivity index (χ3n) is 3.53. The van der Waals surface area contributed by atoms with E-state index >= 15 is 0 Å². The number of aromatic amines is 1. The first-order chi connectivity index (χ1) is 12.4. The van der Waals surface area contributed by atoms with Crippen LogP contribution in [-0.2, 0) is 6.18 Å². The lowest BCUT2D eigenvalue weighted by molar-refractivity contribution is -0.140. The zero-order valence-electron chi connectivity index (χ0n) is 13.3. The van der Waals surface area contributed by atoms with Gasteiger partial charge in [0.15, 0.2) is 0 Å². The second kappa shape index (κ2) is 6.63. The number of halogens is 4. The summed E-state index contributed by atoms with van der Waals surface area (Å²) in [6, 6.07) is 0.938. The SMILES string of the molecule is COc1cc(-c2c(C(=O)O)c(N)[nH]c(=O)c2C(=O)O)c(F)c(C(F)(F)F)c1. The van der Waals surface area contributed by atoms with Crippen molar-refractivity contribution in [3.05, 3.63) is 45.0 Å². The summed E-state index contributed by atoms with van der Waals surface area (Å²) in [5.74, 6) is -7.28. The molecule has 0 spiro atoms. The van der Waals surface area contributed by atoms with Crippen molar-refractivity contribution in [2.45, 2.75) is 6.18 Å². The zero-order valence-corrected chi connectivity index (χ0v) is 13.3. The maximum atomic E-state index is 14.6. The topological polar surface area (TPSA) is 143 Å². The normalized spacial score (nSPS) is 11.3. The van der Waals surface area contributed by atoms with Gasteiger partial charge in [-0.2, -0.15) is 13.2 Å². The number of nitrogens with one attached hydrogen (secondary N) is 1. The number of hydrogen-bond acceptors (Lipinski definition) is 5. The molecular weight excluding hydrogens is 380 g/mol. The van der Waals surface area contributed by atoms with Crippen molar-refractivity contribution in [3.8, 4) is 16.9 Å². The number of carbonyl (C=O) groups is 2. The molecule has 1 heterocycles. The Hall–Kier alpha value is -3.57. The maximum absolute atomic E-state index is 14.6. The van der Waals surface area contributed by atoms with Gasteiger partial charge in [-0.3, -0.25) is 4.79 Å². The van der Waals surface area contributed by atoms with Crippen LogP contribution in [0, 0.1) is 5.82 Å². The number of benzene rings is 1. The summed E-state index contributed by atoms with van der Waals surface area (Å²) in [5, 5.41) is 18.5. The number of nitrogens with two attached hydrogens (primary N) is 1. The molecule has 0 aliphatic rings. The quantitative estimate of drug-likeness (QED) is 0.586. The van der Waals surface area contributed by atoms with Gasteiger partial charge in [-0.1, -0.05) is 0 Å². The highest BCUT2D eigenvalue weighted by Crippen LogP contribution is 2.40. The summed E-state index contributed by atoms with van der Waals surface area (Å²) in [4.78, 5) is 36.6. The number of methoxy groups -OCH3 is 1. The molecule has 2 aromatic rings. The molecule has 8 nitrogen and oxygen atoms in total. The van der Waals surface area contributed by atoms with Crippen molar-refractivity contribution in [2.75, 3.05) is 12.8 Å². The highest BCUT2D eigenvalue weighted by molar-refractivity contribution is 6.07. The molecule has 144 valence electrons. The summed E-state index contributed by atoms with van der Waals surface area (Å²) >= 11 is 0. The first-order valence-corrected chi connectivity index (χ1v) is 6.87. The smallest absolute Gasteiger partial charge is 0.419 e. The number of rotatable bonds is 4. The van der Waals surface area contributed by atoms with E-state index in [0.29, 0.717) is 12.1 Å². The van der Waals surface area contributed by atoms with E-state index in [9.17, 15) is 42.2 Å². The largest absolute Gasteiger partial charge is 0.497 e. The molecule has 0 radical (unpaired) electrons. The molecule has 12 heteroatoms. The number of nitrogen functional groups attached to an aromatic ring is 1. The highest BCUT2D eigenvalue weighted by Gasteiger charge is 2.38. The van der Waals surface area contributed by atoms with Gasteiger partial charge in [-0.25, -0.2) is 14.0 Å². The Morgan fingerprint density at radius 3 is 2.15 bits per heavy atom. The number of aromatic nitrogens is 1. The molecule has 27 heavy (non-hydrogen) atoms. The molecule has 1 aromatic carbocycles. The molecule has 0 saturated carbocycles. The van der Waals surface area contributed by atoms with Gasteiger partial charge in [0, 0.05) is 11.1 Å². The fraction of sp³-hybridized carbons (Fsp3) is 0.133. The van der Waals surface area contributed by atoms with Gasteiger partial charge >= 0.3 is 18.1 Å². The minimum absolute atomic E-state index is 0.302. The molecule has 0 bridgehead atoms. The second-order valence-corrected chi connectivity index (χ2v) is 5.14. The zero-order chi connectivity index (χ0) is 20.7. The molecule has 0 amide bonds. The van der Waals surface area contributed by atoms with Gasteiger partial charge in [0.25, 0.3) is 5.56 Å². The van der Waals surface area contributed by atoms with Gasteiger partial charge in [0.2, 0.25) is 0 Å². The highest BCUT2D eigenvalue weighted by atomic mass is 19.4. The molecule has 2 rings (SSSR count). The van der Waals surface area contributed by atoms with E-state index in [4.69, 9.17) is 5.73 Å². The number of pyridine rings is 1. The molecule has 0 aliphatic carbocycles. The number of carboxylic acids is 2. The number of ether oxygens (including phenoxy) is 1. The summed E-state index contributed by atoms with van der Waals surface area (Å²) in [5.41, 5.74) is -2.49. The third-order valence-corrected chi connectivity index (χ3v) is 3.53. The van der Waals surface area contributed by atoms with Crippen molar-refractivity contribution < 1.29 is 42.1 Å². The Morgan fingerprint density at radius 2 is 1.70 bits per heavy atom. The summed E-state index contributed by atoms with van der Waals surface area (Å²) in [6.45, 7) is 0. The molecule has 0 fully saturated rings. The van der Waals surface area contributed by atoms with Crippen molar-refractivity contribution in [3.63, 3.8) is 0 Å². The third kappa shape index (κ3) is 3.41. The molecule has 5 N–H and O–H groups in total. The predicted molar refractivity (Wildman–Crippen MR) is 82.3 cm³/mol. The lowest BCUT2D eigenvalue weighted by Crippen LogP contribution is -2.24. The van der Waals surface area contributed by atoms with Crippen molar-refractivity contribution in [1.29, 1.82) is 0 Å². The van der Waals surface area contributed by atoms with Gasteiger partial charge in [-0.15, -0.1) is 0 Å². The number of anilines is 1. The molecule has 0 aliphatic heterocycles. The summed E-state index contributed by atoms with van der Waals surface area (Å²) in [6.07, 6.45) is -5.22. The molecule has 0 atom stereocenters. The molecule has 0 saturated heterocycles. The second-order valence-electron chi connectivity index (χ2n) is 5.14. The lowest BCUT2D eigenvalue weighted by Gasteiger charge is -2.17. The Labute approximate surface area is 146 Å².